The average molecular weight is 384 g/mol. The number of fused-ring (bicyclic) bond motifs is 1. The van der Waals surface area contributed by atoms with Gasteiger partial charge in [0.2, 0.25) is 5.36 Å². The summed E-state index contributed by atoms with van der Waals surface area (Å²) in [5.74, 6) is 0.803. The van der Waals surface area contributed by atoms with E-state index in [2.05, 4.69) is 11.6 Å². The second-order valence-corrected chi connectivity index (χ2v) is 5.63. The summed E-state index contributed by atoms with van der Waals surface area (Å²) < 4.78 is 45.0. The Bertz CT molecular complexity index is 946. The Kier molecular flexibility index (Phi) is 6.63. The predicted molar refractivity (Wildman–Crippen MR) is 96.0 cm³/mol. The second kappa shape index (κ2) is 8.71. The van der Waals surface area contributed by atoms with E-state index in [1.807, 2.05) is 60.7 Å². The third kappa shape index (κ3) is 6.08. The maximum atomic E-state index is 9.75. The molecule has 3 aromatic rings. The standard InChI is InChI=1S/C18H14ClNO.BF4/c1-2-11-20-16-12-18(13-7-9-14(19)10-8-13)21-17-6-4-3-5-15(16)17;2-1(3,4)5/h2-10,12H,1,11H2;/q;-1/p+1. The lowest BCUT2D eigenvalue weighted by Gasteiger charge is -2.03. The summed E-state index contributed by atoms with van der Waals surface area (Å²) in [6, 6.07) is 17.6. The van der Waals surface area contributed by atoms with Crippen molar-refractivity contribution in [3.63, 3.8) is 0 Å². The number of benzene rings is 2. The summed E-state index contributed by atoms with van der Waals surface area (Å²) in [5, 5.41) is 2.79. The van der Waals surface area contributed by atoms with Gasteiger partial charge in [-0.1, -0.05) is 30.3 Å². The van der Waals surface area contributed by atoms with Crippen molar-refractivity contribution >= 4 is 29.8 Å². The van der Waals surface area contributed by atoms with Crippen molar-refractivity contribution in [1.82, 2.24) is 0 Å². The molecule has 0 atom stereocenters. The van der Waals surface area contributed by atoms with Crippen LogP contribution in [0.5, 0.6) is 0 Å². The maximum absolute atomic E-state index is 9.75. The highest BCUT2D eigenvalue weighted by Gasteiger charge is 2.20. The first-order valence-corrected chi connectivity index (χ1v) is 7.99. The minimum absolute atomic E-state index is 0.702. The summed E-state index contributed by atoms with van der Waals surface area (Å²) in [6.45, 7) is 4.45. The topological polar surface area (TPSA) is 27.1 Å². The quantitative estimate of drug-likeness (QED) is 0.409. The Balaban J connectivity index is 0.000000431. The molecule has 8 heteroatoms. The first-order chi connectivity index (χ1) is 12.3. The maximum Gasteiger partial charge on any atom is 0.673 e. The van der Waals surface area contributed by atoms with Gasteiger partial charge >= 0.3 is 7.25 Å². The van der Waals surface area contributed by atoms with E-state index in [1.54, 1.807) is 0 Å². The molecule has 0 bridgehead atoms. The van der Waals surface area contributed by atoms with Crippen LogP contribution in [0.15, 0.2) is 71.7 Å². The van der Waals surface area contributed by atoms with Gasteiger partial charge in [0.15, 0.2) is 6.54 Å². The molecule has 1 heterocycles. The van der Waals surface area contributed by atoms with E-state index >= 15 is 0 Å². The zero-order valence-corrected chi connectivity index (χ0v) is 14.3. The molecule has 0 aliphatic carbocycles. The molecule has 3 rings (SSSR count). The summed E-state index contributed by atoms with van der Waals surface area (Å²) in [4.78, 5) is 3.35. The van der Waals surface area contributed by atoms with Crippen molar-refractivity contribution in [2.45, 2.75) is 0 Å². The first kappa shape index (κ1) is 19.8. The molecular formula is C18H15BClF4NO. The van der Waals surface area contributed by atoms with Gasteiger partial charge in [0.1, 0.15) is 11.3 Å². The third-order valence-electron chi connectivity index (χ3n) is 3.24. The number of hydrogen-bond donors (Lipinski definition) is 1. The van der Waals surface area contributed by atoms with Gasteiger partial charge < -0.3 is 21.7 Å². The number of nitrogens with one attached hydrogen (secondary N) is 1. The molecular weight excluding hydrogens is 368 g/mol. The van der Waals surface area contributed by atoms with Crippen LogP contribution in [-0.4, -0.2) is 13.8 Å². The lowest BCUT2D eigenvalue weighted by molar-refractivity contribution is -0.487. The van der Waals surface area contributed by atoms with Crippen molar-refractivity contribution in [2.75, 3.05) is 6.54 Å². The van der Waals surface area contributed by atoms with E-state index in [0.717, 1.165) is 27.7 Å². The molecule has 2 aromatic carbocycles. The lowest BCUT2D eigenvalue weighted by Crippen LogP contribution is -2.76. The molecule has 0 aliphatic rings. The molecule has 26 heavy (non-hydrogen) atoms. The van der Waals surface area contributed by atoms with Gasteiger partial charge in [-0.2, -0.15) is 0 Å². The largest absolute Gasteiger partial charge is 0.673 e. The van der Waals surface area contributed by atoms with Gasteiger partial charge in [-0.25, -0.2) is 4.99 Å². The molecule has 1 aromatic heterocycles. The monoisotopic (exact) mass is 383 g/mol. The first-order valence-electron chi connectivity index (χ1n) is 7.62. The van der Waals surface area contributed by atoms with E-state index in [0.29, 0.717) is 11.6 Å². The summed E-state index contributed by atoms with van der Waals surface area (Å²) in [5.41, 5.74) is 1.84. The minimum atomic E-state index is -6.00. The fourth-order valence-corrected chi connectivity index (χ4v) is 2.35. The van der Waals surface area contributed by atoms with Crippen LogP contribution in [0.3, 0.4) is 0 Å². The zero-order valence-electron chi connectivity index (χ0n) is 13.6. The van der Waals surface area contributed by atoms with Crippen LogP contribution in [0.2, 0.25) is 5.02 Å². The Morgan fingerprint density at radius 1 is 1.04 bits per heavy atom. The highest BCUT2D eigenvalue weighted by molar-refractivity contribution is 6.50. The van der Waals surface area contributed by atoms with Crippen LogP contribution < -0.4 is 10.3 Å². The number of halogens is 5. The van der Waals surface area contributed by atoms with Crippen LogP contribution in [0.25, 0.3) is 22.3 Å². The van der Waals surface area contributed by atoms with Gasteiger partial charge in [0.05, 0.1) is 11.5 Å². The van der Waals surface area contributed by atoms with E-state index < -0.39 is 7.25 Å². The van der Waals surface area contributed by atoms with Gasteiger partial charge in [-0.15, -0.1) is 0 Å². The SMILES string of the molecule is C=CC[NH+]=c1cc(-c2ccc(Cl)cc2)oc2ccccc12.F[B-](F)(F)F. The van der Waals surface area contributed by atoms with Gasteiger partial charge in [-0.05, 0) is 42.5 Å². The van der Waals surface area contributed by atoms with Gasteiger partial charge in [0, 0.05) is 10.6 Å². The van der Waals surface area contributed by atoms with Crippen LogP contribution in [0, 0.1) is 0 Å². The van der Waals surface area contributed by atoms with Crippen molar-refractivity contribution in [1.29, 1.82) is 0 Å². The third-order valence-corrected chi connectivity index (χ3v) is 3.49. The molecule has 0 fully saturated rings. The molecule has 2 nitrogen and oxygen atoms in total. The van der Waals surface area contributed by atoms with Crippen molar-refractivity contribution in [3.8, 4) is 11.3 Å². The van der Waals surface area contributed by atoms with Crippen LogP contribution in [0.4, 0.5) is 17.3 Å². The Morgan fingerprint density at radius 3 is 2.27 bits per heavy atom. The fraction of sp³-hybridized carbons (Fsp3) is 0.0556. The molecule has 0 amide bonds. The number of para-hydroxylation sites is 1. The molecule has 0 saturated carbocycles. The molecule has 1 N–H and O–H groups in total. The fourth-order valence-electron chi connectivity index (χ4n) is 2.22. The summed E-state index contributed by atoms with van der Waals surface area (Å²) >= 11 is 5.94. The highest BCUT2D eigenvalue weighted by Crippen LogP contribution is 2.23. The Morgan fingerprint density at radius 2 is 1.65 bits per heavy atom. The van der Waals surface area contributed by atoms with E-state index in [1.165, 1.54) is 0 Å². The number of rotatable bonds is 3. The van der Waals surface area contributed by atoms with E-state index in [-0.39, 0.29) is 0 Å². The molecule has 0 spiro atoms. The lowest BCUT2D eigenvalue weighted by atomic mass is 10.1. The summed E-state index contributed by atoms with van der Waals surface area (Å²) in [6.07, 6.45) is 1.83. The molecule has 0 saturated heterocycles. The second-order valence-electron chi connectivity index (χ2n) is 5.19. The van der Waals surface area contributed by atoms with E-state index in [9.17, 15) is 17.3 Å². The van der Waals surface area contributed by atoms with Crippen LogP contribution >= 0.6 is 11.6 Å². The average Bonchev–Trinajstić information content (AvgIpc) is 2.58. The van der Waals surface area contributed by atoms with Gasteiger partial charge in [-0.3, -0.25) is 0 Å². The smallest absolute Gasteiger partial charge is 0.456 e. The van der Waals surface area contributed by atoms with Crippen molar-refractivity contribution in [2.24, 2.45) is 0 Å². The Hall–Kier alpha value is -2.54. The van der Waals surface area contributed by atoms with Crippen LogP contribution in [0.1, 0.15) is 0 Å². The summed E-state index contributed by atoms with van der Waals surface area (Å²) in [7, 11) is -6.00. The zero-order chi connectivity index (χ0) is 19.2. The number of hydrogen-bond acceptors (Lipinski definition) is 1. The normalized spacial score (nSPS) is 11.8. The molecule has 0 unspecified atom stereocenters. The Labute approximate surface area is 152 Å². The van der Waals surface area contributed by atoms with E-state index in [4.69, 9.17) is 16.0 Å². The molecule has 0 aliphatic heterocycles. The molecule has 136 valence electrons. The van der Waals surface area contributed by atoms with Gasteiger partial charge in [0.25, 0.3) is 0 Å². The minimum Gasteiger partial charge on any atom is -0.456 e. The van der Waals surface area contributed by atoms with Crippen molar-refractivity contribution in [3.05, 3.63) is 77.6 Å². The molecule has 0 radical (unpaired) electrons. The van der Waals surface area contributed by atoms with Crippen molar-refractivity contribution < 1.29 is 26.7 Å². The van der Waals surface area contributed by atoms with Crippen LogP contribution in [-0.2, 0) is 0 Å². The highest BCUT2D eigenvalue weighted by atomic mass is 35.5. The predicted octanol–water partition coefficient (Wildman–Crippen LogP) is 4.22.